The Balaban J connectivity index is 1.89. The molecule has 92 valence electrons. The second-order valence-corrected chi connectivity index (χ2v) is 4.19. The van der Waals surface area contributed by atoms with E-state index in [2.05, 4.69) is 5.32 Å². The molecule has 4 nitrogen and oxygen atoms in total. The highest BCUT2D eigenvalue weighted by atomic mass is 16.5. The fraction of sp³-hybridized carbons (Fsp3) is 0.214. The summed E-state index contributed by atoms with van der Waals surface area (Å²) < 4.78 is 10.6. The lowest BCUT2D eigenvalue weighted by molar-refractivity contribution is 0.0988. The molecule has 3 rings (SSSR count). The predicted molar refractivity (Wildman–Crippen MR) is 67.2 cm³/mol. The first kappa shape index (κ1) is 10.9. The van der Waals surface area contributed by atoms with Gasteiger partial charge in [0.05, 0.1) is 23.8 Å². The SMILES string of the molecule is O=C(Cc1ccoc1)c1cccc2c1OCCN2. The van der Waals surface area contributed by atoms with Gasteiger partial charge in [0, 0.05) is 13.0 Å². The van der Waals surface area contributed by atoms with E-state index in [-0.39, 0.29) is 5.78 Å². The van der Waals surface area contributed by atoms with Crippen molar-refractivity contribution < 1.29 is 13.9 Å². The van der Waals surface area contributed by atoms with Gasteiger partial charge in [0.1, 0.15) is 6.61 Å². The summed E-state index contributed by atoms with van der Waals surface area (Å²) in [6.45, 7) is 1.36. The summed E-state index contributed by atoms with van der Waals surface area (Å²) >= 11 is 0. The third kappa shape index (κ3) is 1.97. The summed E-state index contributed by atoms with van der Waals surface area (Å²) in [4.78, 5) is 12.2. The monoisotopic (exact) mass is 243 g/mol. The van der Waals surface area contributed by atoms with Gasteiger partial charge in [0.25, 0.3) is 0 Å². The smallest absolute Gasteiger partial charge is 0.171 e. The van der Waals surface area contributed by atoms with Crippen molar-refractivity contribution >= 4 is 11.5 Å². The van der Waals surface area contributed by atoms with Crippen molar-refractivity contribution in [2.24, 2.45) is 0 Å². The summed E-state index contributed by atoms with van der Waals surface area (Å²) in [5, 5.41) is 3.22. The molecule has 1 aliphatic rings. The highest BCUT2D eigenvalue weighted by Gasteiger charge is 2.19. The predicted octanol–water partition coefficient (Wildman–Crippen LogP) is 2.51. The summed E-state index contributed by atoms with van der Waals surface area (Å²) in [5.74, 6) is 0.703. The van der Waals surface area contributed by atoms with Crippen molar-refractivity contribution in [3.63, 3.8) is 0 Å². The van der Waals surface area contributed by atoms with Crippen molar-refractivity contribution in [1.82, 2.24) is 0 Å². The molecule has 0 radical (unpaired) electrons. The number of carbonyl (C=O) groups is 1. The van der Waals surface area contributed by atoms with E-state index in [1.54, 1.807) is 24.7 Å². The number of hydrogen-bond donors (Lipinski definition) is 1. The minimum Gasteiger partial charge on any atom is -0.489 e. The number of carbonyl (C=O) groups excluding carboxylic acids is 1. The van der Waals surface area contributed by atoms with Crippen LogP contribution in [-0.2, 0) is 6.42 Å². The summed E-state index contributed by atoms with van der Waals surface area (Å²) in [6, 6.07) is 7.38. The highest BCUT2D eigenvalue weighted by molar-refractivity contribution is 6.01. The topological polar surface area (TPSA) is 51.5 Å². The van der Waals surface area contributed by atoms with Gasteiger partial charge < -0.3 is 14.5 Å². The van der Waals surface area contributed by atoms with Gasteiger partial charge >= 0.3 is 0 Å². The lowest BCUT2D eigenvalue weighted by Crippen LogP contribution is -2.20. The molecule has 0 spiro atoms. The molecule has 0 amide bonds. The number of anilines is 1. The standard InChI is InChI=1S/C14H13NO3/c16-13(8-10-4-6-17-9-10)11-2-1-3-12-14(11)18-7-5-15-12/h1-4,6,9,15H,5,7-8H2. The van der Waals surface area contributed by atoms with Crippen LogP contribution >= 0.6 is 0 Å². The van der Waals surface area contributed by atoms with Crippen LogP contribution in [-0.4, -0.2) is 18.9 Å². The van der Waals surface area contributed by atoms with Gasteiger partial charge in [-0.1, -0.05) is 6.07 Å². The minimum atomic E-state index is 0.0388. The maximum atomic E-state index is 12.2. The Kier molecular flexibility index (Phi) is 2.76. The van der Waals surface area contributed by atoms with Crippen LogP contribution in [0, 0.1) is 0 Å². The van der Waals surface area contributed by atoms with E-state index < -0.39 is 0 Å². The molecule has 0 unspecified atom stereocenters. The number of Topliss-reactive ketones (excluding diaryl/α,β-unsaturated/α-hetero) is 1. The summed E-state index contributed by atoms with van der Waals surface area (Å²) in [7, 11) is 0. The second-order valence-electron chi connectivity index (χ2n) is 4.19. The van der Waals surface area contributed by atoms with E-state index in [0.717, 1.165) is 17.8 Å². The molecular formula is C14H13NO3. The summed E-state index contributed by atoms with van der Waals surface area (Å²) in [6.07, 6.45) is 3.49. The van der Waals surface area contributed by atoms with Crippen LogP contribution in [0.25, 0.3) is 0 Å². The van der Waals surface area contributed by atoms with E-state index in [1.807, 2.05) is 12.1 Å². The third-order valence-corrected chi connectivity index (χ3v) is 2.92. The van der Waals surface area contributed by atoms with Crippen LogP contribution in [0.2, 0.25) is 0 Å². The molecule has 18 heavy (non-hydrogen) atoms. The largest absolute Gasteiger partial charge is 0.489 e. The van der Waals surface area contributed by atoms with E-state index >= 15 is 0 Å². The van der Waals surface area contributed by atoms with E-state index in [4.69, 9.17) is 9.15 Å². The summed E-state index contributed by atoms with van der Waals surface area (Å²) in [5.41, 5.74) is 2.39. The Hall–Kier alpha value is -2.23. The molecule has 2 heterocycles. The van der Waals surface area contributed by atoms with Crippen molar-refractivity contribution in [2.75, 3.05) is 18.5 Å². The molecule has 2 aromatic rings. The van der Waals surface area contributed by atoms with Crippen LogP contribution in [0.5, 0.6) is 5.75 Å². The number of para-hydroxylation sites is 1. The van der Waals surface area contributed by atoms with Crippen LogP contribution in [0.1, 0.15) is 15.9 Å². The molecule has 0 saturated carbocycles. The normalized spacial score (nSPS) is 13.3. The second kappa shape index (κ2) is 4.56. The van der Waals surface area contributed by atoms with Gasteiger partial charge in [-0.25, -0.2) is 0 Å². The average molecular weight is 243 g/mol. The van der Waals surface area contributed by atoms with Gasteiger partial charge in [-0.05, 0) is 23.8 Å². The van der Waals surface area contributed by atoms with Gasteiger partial charge in [-0.15, -0.1) is 0 Å². The average Bonchev–Trinajstić information content (AvgIpc) is 2.91. The zero-order valence-electron chi connectivity index (χ0n) is 9.81. The zero-order chi connectivity index (χ0) is 12.4. The Morgan fingerprint density at radius 2 is 2.28 bits per heavy atom. The van der Waals surface area contributed by atoms with Gasteiger partial charge in [-0.3, -0.25) is 4.79 Å². The Morgan fingerprint density at radius 1 is 1.33 bits per heavy atom. The quantitative estimate of drug-likeness (QED) is 0.841. The molecule has 1 N–H and O–H groups in total. The van der Waals surface area contributed by atoms with Crippen LogP contribution in [0.15, 0.2) is 41.2 Å². The van der Waals surface area contributed by atoms with Crippen molar-refractivity contribution in [1.29, 1.82) is 0 Å². The number of fused-ring (bicyclic) bond motifs is 1. The van der Waals surface area contributed by atoms with Crippen molar-refractivity contribution in [2.45, 2.75) is 6.42 Å². The van der Waals surface area contributed by atoms with Crippen molar-refractivity contribution in [3.8, 4) is 5.75 Å². The minimum absolute atomic E-state index is 0.0388. The van der Waals surface area contributed by atoms with Crippen LogP contribution in [0.4, 0.5) is 5.69 Å². The van der Waals surface area contributed by atoms with E-state index in [1.165, 1.54) is 0 Å². The highest BCUT2D eigenvalue weighted by Crippen LogP contribution is 2.31. The maximum absolute atomic E-state index is 12.2. The fourth-order valence-electron chi connectivity index (χ4n) is 2.06. The van der Waals surface area contributed by atoms with E-state index in [9.17, 15) is 4.79 Å². The molecule has 0 aliphatic carbocycles. The first-order valence-electron chi connectivity index (χ1n) is 5.88. The number of ether oxygens (including phenoxy) is 1. The molecule has 0 saturated heterocycles. The van der Waals surface area contributed by atoms with Gasteiger partial charge in [-0.2, -0.15) is 0 Å². The molecule has 0 fully saturated rings. The van der Waals surface area contributed by atoms with Crippen LogP contribution in [0.3, 0.4) is 0 Å². The Bertz CT molecular complexity index is 560. The molecule has 0 atom stereocenters. The maximum Gasteiger partial charge on any atom is 0.171 e. The first-order chi connectivity index (χ1) is 8.84. The molecular weight excluding hydrogens is 230 g/mol. The van der Waals surface area contributed by atoms with Gasteiger partial charge in [0.15, 0.2) is 11.5 Å². The molecule has 1 aromatic heterocycles. The molecule has 4 heteroatoms. The number of ketones is 1. The lowest BCUT2D eigenvalue weighted by Gasteiger charge is -2.21. The molecule has 0 bridgehead atoms. The zero-order valence-corrected chi connectivity index (χ0v) is 9.81. The number of hydrogen-bond acceptors (Lipinski definition) is 4. The fourth-order valence-corrected chi connectivity index (χ4v) is 2.06. The van der Waals surface area contributed by atoms with Crippen LogP contribution < -0.4 is 10.1 Å². The first-order valence-corrected chi connectivity index (χ1v) is 5.88. The third-order valence-electron chi connectivity index (χ3n) is 2.92. The van der Waals surface area contributed by atoms with Gasteiger partial charge in [0.2, 0.25) is 0 Å². The van der Waals surface area contributed by atoms with Crippen molar-refractivity contribution in [3.05, 3.63) is 47.9 Å². The Labute approximate surface area is 105 Å². The number of benzene rings is 1. The molecule has 1 aromatic carbocycles. The van der Waals surface area contributed by atoms with E-state index in [0.29, 0.717) is 24.3 Å². The number of nitrogens with one attached hydrogen (secondary N) is 1. The number of furan rings is 1. The Morgan fingerprint density at radius 3 is 3.11 bits per heavy atom. The molecule has 1 aliphatic heterocycles. The lowest BCUT2D eigenvalue weighted by atomic mass is 10.0. The number of rotatable bonds is 3.